The Morgan fingerprint density at radius 3 is 2.50 bits per heavy atom. The van der Waals surface area contributed by atoms with Crippen LogP contribution in [0.4, 0.5) is 0 Å². The molecule has 0 aliphatic carbocycles. The van der Waals surface area contributed by atoms with Gasteiger partial charge >= 0.3 is 0 Å². The predicted octanol–water partition coefficient (Wildman–Crippen LogP) is 2.81. The highest BCUT2D eigenvalue weighted by atomic mass is 16.5. The van der Waals surface area contributed by atoms with E-state index >= 15 is 0 Å². The third-order valence-corrected chi connectivity index (χ3v) is 4.92. The van der Waals surface area contributed by atoms with Crippen LogP contribution in [0.25, 0.3) is 0 Å². The first-order valence-electron chi connectivity index (χ1n) is 7.92. The molecule has 1 atom stereocenters. The Labute approximate surface area is 140 Å². The zero-order valence-corrected chi connectivity index (χ0v) is 14.0. The minimum atomic E-state index is -0.132. The topological polar surface area (TPSA) is 48.0 Å². The molecule has 24 heavy (non-hydrogen) atoms. The largest absolute Gasteiger partial charge is 0.493 e. The molecule has 0 saturated carbocycles. The molecule has 2 aromatic carbocycles. The normalized spacial score (nSPS) is 17.9. The Hall–Kier alpha value is -2.69. The van der Waals surface area contributed by atoms with Crippen molar-refractivity contribution in [3.63, 3.8) is 0 Å². The van der Waals surface area contributed by atoms with Gasteiger partial charge in [-0.25, -0.2) is 0 Å². The van der Waals surface area contributed by atoms with E-state index in [1.165, 1.54) is 5.56 Å². The van der Waals surface area contributed by atoms with Crippen LogP contribution >= 0.6 is 0 Å². The Morgan fingerprint density at radius 2 is 1.79 bits per heavy atom. The predicted molar refractivity (Wildman–Crippen MR) is 89.1 cm³/mol. The van der Waals surface area contributed by atoms with Crippen LogP contribution in [0.3, 0.4) is 0 Å². The second-order valence-electron chi connectivity index (χ2n) is 5.96. The van der Waals surface area contributed by atoms with Gasteiger partial charge in [0.05, 0.1) is 32.9 Å². The van der Waals surface area contributed by atoms with Crippen LogP contribution in [0.5, 0.6) is 17.2 Å². The van der Waals surface area contributed by atoms with Crippen molar-refractivity contribution in [1.29, 1.82) is 0 Å². The van der Waals surface area contributed by atoms with Gasteiger partial charge in [0.25, 0.3) is 5.91 Å². The Bertz CT molecular complexity index is 830. The third kappa shape index (κ3) is 1.84. The van der Waals surface area contributed by atoms with Crippen molar-refractivity contribution < 1.29 is 19.0 Å². The summed E-state index contributed by atoms with van der Waals surface area (Å²) in [4.78, 5) is 14.9. The molecular weight excluding hydrogens is 306 g/mol. The summed E-state index contributed by atoms with van der Waals surface area (Å²) in [6.45, 7) is 0.697. The first-order valence-corrected chi connectivity index (χ1v) is 7.92. The fourth-order valence-corrected chi connectivity index (χ4v) is 3.88. The number of hydrogen-bond donors (Lipinski definition) is 0. The summed E-state index contributed by atoms with van der Waals surface area (Å²) in [7, 11) is 4.74. The highest BCUT2D eigenvalue weighted by Gasteiger charge is 2.44. The van der Waals surface area contributed by atoms with Gasteiger partial charge in [-0.05, 0) is 23.6 Å². The average molecular weight is 325 g/mol. The molecule has 5 heteroatoms. The van der Waals surface area contributed by atoms with E-state index in [0.29, 0.717) is 29.4 Å². The number of carbonyl (C=O) groups is 1. The Balaban J connectivity index is 2.02. The van der Waals surface area contributed by atoms with Crippen LogP contribution in [0.2, 0.25) is 0 Å². The molecule has 0 bridgehead atoms. The van der Waals surface area contributed by atoms with Gasteiger partial charge in [0.2, 0.25) is 5.75 Å². The fraction of sp³-hybridized carbons (Fsp3) is 0.316. The van der Waals surface area contributed by atoms with E-state index < -0.39 is 0 Å². The van der Waals surface area contributed by atoms with E-state index in [1.807, 2.05) is 17.0 Å². The molecule has 5 nitrogen and oxygen atoms in total. The minimum absolute atomic E-state index is 0.0174. The number of fused-ring (bicyclic) bond motifs is 5. The van der Waals surface area contributed by atoms with Crippen molar-refractivity contribution in [2.24, 2.45) is 0 Å². The lowest BCUT2D eigenvalue weighted by Crippen LogP contribution is -2.35. The molecule has 0 saturated heterocycles. The molecule has 1 amide bonds. The molecule has 2 aliphatic heterocycles. The first-order chi connectivity index (χ1) is 11.7. The molecule has 0 N–H and O–H groups in total. The lowest BCUT2D eigenvalue weighted by atomic mass is 9.89. The van der Waals surface area contributed by atoms with Gasteiger partial charge in [-0.1, -0.05) is 24.3 Å². The van der Waals surface area contributed by atoms with E-state index in [-0.39, 0.29) is 11.9 Å². The summed E-state index contributed by atoms with van der Waals surface area (Å²) in [6, 6.07) is 9.90. The van der Waals surface area contributed by atoms with E-state index in [1.54, 1.807) is 27.4 Å². The summed E-state index contributed by atoms with van der Waals surface area (Å²) in [5, 5.41) is 0. The van der Waals surface area contributed by atoms with Gasteiger partial charge in [-0.15, -0.1) is 0 Å². The van der Waals surface area contributed by atoms with Gasteiger partial charge < -0.3 is 19.1 Å². The van der Waals surface area contributed by atoms with Gasteiger partial charge in [-0.3, -0.25) is 4.79 Å². The molecule has 2 aliphatic rings. The highest BCUT2D eigenvalue weighted by molar-refractivity contribution is 6.02. The van der Waals surface area contributed by atoms with E-state index in [0.717, 1.165) is 17.5 Å². The summed E-state index contributed by atoms with van der Waals surface area (Å²) < 4.78 is 16.6. The Morgan fingerprint density at radius 1 is 1.04 bits per heavy atom. The van der Waals surface area contributed by atoms with Crippen molar-refractivity contribution in [3.8, 4) is 17.2 Å². The summed E-state index contributed by atoms with van der Waals surface area (Å²) >= 11 is 0. The lowest BCUT2D eigenvalue weighted by molar-refractivity contribution is 0.0739. The zero-order chi connectivity index (χ0) is 16.8. The summed E-state index contributed by atoms with van der Waals surface area (Å²) in [5.74, 6) is 1.62. The van der Waals surface area contributed by atoms with Crippen LogP contribution in [0.15, 0.2) is 30.3 Å². The number of nitrogens with zero attached hydrogens (tertiary/aromatic N) is 1. The third-order valence-electron chi connectivity index (χ3n) is 4.92. The maximum atomic E-state index is 13.0. The molecule has 1 unspecified atom stereocenters. The standard InChI is InChI=1S/C19H19NO4/c1-22-14-10-13-15(18(24-3)17(14)23-2)16-12-7-5-4-6-11(12)8-9-20(16)19(13)21/h4-7,10,16H,8-9H2,1-3H3. The molecule has 0 fully saturated rings. The summed E-state index contributed by atoms with van der Waals surface area (Å²) in [5.41, 5.74) is 3.93. The number of hydrogen-bond acceptors (Lipinski definition) is 4. The van der Waals surface area contributed by atoms with Crippen molar-refractivity contribution in [2.45, 2.75) is 12.5 Å². The first kappa shape index (κ1) is 14.9. The van der Waals surface area contributed by atoms with Crippen LogP contribution in [-0.2, 0) is 6.42 Å². The van der Waals surface area contributed by atoms with Gasteiger partial charge in [0.1, 0.15) is 0 Å². The quantitative estimate of drug-likeness (QED) is 0.871. The molecule has 2 aromatic rings. The van der Waals surface area contributed by atoms with E-state index in [4.69, 9.17) is 14.2 Å². The molecule has 0 radical (unpaired) electrons. The molecule has 0 spiro atoms. The molecule has 0 aromatic heterocycles. The number of ether oxygens (including phenoxy) is 3. The van der Waals surface area contributed by atoms with Gasteiger partial charge in [-0.2, -0.15) is 0 Å². The number of benzene rings is 2. The van der Waals surface area contributed by atoms with Crippen LogP contribution in [0, 0.1) is 0 Å². The van der Waals surface area contributed by atoms with Crippen LogP contribution < -0.4 is 14.2 Å². The van der Waals surface area contributed by atoms with E-state index in [9.17, 15) is 4.79 Å². The number of rotatable bonds is 3. The van der Waals surface area contributed by atoms with Crippen LogP contribution in [0.1, 0.15) is 33.1 Å². The zero-order valence-electron chi connectivity index (χ0n) is 14.0. The maximum absolute atomic E-state index is 13.0. The van der Waals surface area contributed by atoms with Crippen LogP contribution in [-0.4, -0.2) is 38.7 Å². The fourth-order valence-electron chi connectivity index (χ4n) is 3.88. The molecule has 2 heterocycles. The number of amides is 1. The number of methoxy groups -OCH3 is 3. The highest BCUT2D eigenvalue weighted by Crippen LogP contribution is 2.52. The number of carbonyl (C=O) groups excluding carboxylic acids is 1. The maximum Gasteiger partial charge on any atom is 0.255 e. The Kier molecular flexibility index (Phi) is 3.37. The molecule has 4 rings (SSSR count). The molecule has 124 valence electrons. The monoisotopic (exact) mass is 325 g/mol. The van der Waals surface area contributed by atoms with Crippen molar-refractivity contribution in [3.05, 3.63) is 52.6 Å². The van der Waals surface area contributed by atoms with Crippen molar-refractivity contribution in [2.75, 3.05) is 27.9 Å². The minimum Gasteiger partial charge on any atom is -0.493 e. The van der Waals surface area contributed by atoms with E-state index in [2.05, 4.69) is 12.1 Å². The second kappa shape index (κ2) is 5.44. The SMILES string of the molecule is COc1cc2c(c(OC)c1OC)C1c3ccccc3CCN1C2=O. The second-order valence-corrected chi connectivity index (χ2v) is 5.96. The summed E-state index contributed by atoms with van der Waals surface area (Å²) in [6.07, 6.45) is 0.864. The lowest BCUT2D eigenvalue weighted by Gasteiger charge is -2.32. The van der Waals surface area contributed by atoms with Gasteiger partial charge in [0, 0.05) is 12.1 Å². The smallest absolute Gasteiger partial charge is 0.255 e. The molecular formula is C19H19NO4. The van der Waals surface area contributed by atoms with Crippen molar-refractivity contribution >= 4 is 5.91 Å². The van der Waals surface area contributed by atoms with Gasteiger partial charge in [0.15, 0.2) is 11.5 Å². The van der Waals surface area contributed by atoms with Crippen molar-refractivity contribution in [1.82, 2.24) is 4.90 Å². The average Bonchev–Trinajstić information content (AvgIpc) is 2.92.